The van der Waals surface area contributed by atoms with Gasteiger partial charge in [0.2, 0.25) is 5.91 Å². The summed E-state index contributed by atoms with van der Waals surface area (Å²) in [6, 6.07) is 6.70. The molecule has 1 aromatic carbocycles. The van der Waals surface area contributed by atoms with Crippen LogP contribution >= 0.6 is 0 Å². The predicted molar refractivity (Wildman–Crippen MR) is 71.5 cm³/mol. The highest BCUT2D eigenvalue weighted by Gasteiger charge is 2.02. The van der Waals surface area contributed by atoms with Crippen molar-refractivity contribution in [3.05, 3.63) is 71.6 Å². The van der Waals surface area contributed by atoms with E-state index < -0.39 is 11.6 Å². The van der Waals surface area contributed by atoms with E-state index in [1.165, 1.54) is 18.2 Å². The number of aromatic nitrogens is 1. The van der Waals surface area contributed by atoms with Crippen molar-refractivity contribution < 1.29 is 13.6 Å². The van der Waals surface area contributed by atoms with Gasteiger partial charge in [0.15, 0.2) is 0 Å². The lowest BCUT2D eigenvalue weighted by Gasteiger charge is -2.03. The number of nitrogens with one attached hydrogen (secondary N) is 1. The van der Waals surface area contributed by atoms with Crippen molar-refractivity contribution in [1.82, 2.24) is 10.3 Å². The second-order valence-corrected chi connectivity index (χ2v) is 4.12. The van der Waals surface area contributed by atoms with Gasteiger partial charge < -0.3 is 5.32 Å². The number of carbonyl (C=O) groups excluding carboxylic acids is 1. The Morgan fingerprint density at radius 2 is 2.00 bits per heavy atom. The molecule has 0 unspecified atom stereocenters. The Balaban J connectivity index is 1.91. The summed E-state index contributed by atoms with van der Waals surface area (Å²) in [5.74, 6) is -1.68. The molecule has 0 saturated heterocycles. The number of benzene rings is 1. The molecule has 0 saturated carbocycles. The Kier molecular flexibility index (Phi) is 4.55. The first-order valence-corrected chi connectivity index (χ1v) is 5.94. The van der Waals surface area contributed by atoms with Gasteiger partial charge in [0.05, 0.1) is 0 Å². The van der Waals surface area contributed by atoms with Crippen LogP contribution < -0.4 is 5.32 Å². The van der Waals surface area contributed by atoms with E-state index in [9.17, 15) is 13.6 Å². The van der Waals surface area contributed by atoms with E-state index in [2.05, 4.69) is 10.3 Å². The van der Waals surface area contributed by atoms with Crippen LogP contribution in [-0.2, 0) is 11.3 Å². The van der Waals surface area contributed by atoms with E-state index in [0.717, 1.165) is 11.6 Å². The lowest BCUT2D eigenvalue weighted by atomic mass is 10.2. The Morgan fingerprint density at radius 3 is 2.65 bits per heavy atom. The fraction of sp³-hybridized carbons (Fsp3) is 0.0667. The maximum Gasteiger partial charge on any atom is 0.244 e. The Bertz CT molecular complexity index is 607. The number of carbonyl (C=O) groups is 1. The first-order valence-electron chi connectivity index (χ1n) is 5.94. The van der Waals surface area contributed by atoms with E-state index in [1.807, 2.05) is 0 Å². The molecule has 0 atom stereocenters. The Morgan fingerprint density at radius 1 is 1.25 bits per heavy atom. The summed E-state index contributed by atoms with van der Waals surface area (Å²) >= 11 is 0. The molecule has 0 bridgehead atoms. The van der Waals surface area contributed by atoms with Gasteiger partial charge in [0.1, 0.15) is 11.6 Å². The third-order valence-electron chi connectivity index (χ3n) is 2.50. The minimum atomic E-state index is -0.667. The average Bonchev–Trinajstić information content (AvgIpc) is 2.43. The van der Waals surface area contributed by atoms with Gasteiger partial charge in [0.25, 0.3) is 0 Å². The third kappa shape index (κ3) is 4.28. The van der Waals surface area contributed by atoms with E-state index in [-0.39, 0.29) is 12.5 Å². The average molecular weight is 274 g/mol. The van der Waals surface area contributed by atoms with Crippen molar-refractivity contribution in [1.29, 1.82) is 0 Å². The van der Waals surface area contributed by atoms with Crippen LogP contribution in [0.4, 0.5) is 8.78 Å². The number of pyridine rings is 1. The number of rotatable bonds is 4. The molecule has 0 fully saturated rings. The van der Waals surface area contributed by atoms with Gasteiger partial charge in [0, 0.05) is 31.1 Å². The summed E-state index contributed by atoms with van der Waals surface area (Å²) in [6.07, 6.45) is 6.20. The van der Waals surface area contributed by atoms with E-state index in [4.69, 9.17) is 0 Å². The Hall–Kier alpha value is -2.56. The van der Waals surface area contributed by atoms with E-state index >= 15 is 0 Å². The van der Waals surface area contributed by atoms with Gasteiger partial charge in [-0.15, -0.1) is 0 Å². The second-order valence-electron chi connectivity index (χ2n) is 4.12. The molecule has 2 aromatic rings. The van der Waals surface area contributed by atoms with Crippen molar-refractivity contribution in [2.24, 2.45) is 0 Å². The molecule has 0 aliphatic carbocycles. The van der Waals surface area contributed by atoms with Gasteiger partial charge >= 0.3 is 0 Å². The molecule has 0 aliphatic heterocycles. The maximum atomic E-state index is 12.9. The highest BCUT2D eigenvalue weighted by Crippen LogP contribution is 2.07. The number of hydrogen-bond donors (Lipinski definition) is 1. The largest absolute Gasteiger partial charge is 0.348 e. The fourth-order valence-corrected chi connectivity index (χ4v) is 1.61. The van der Waals surface area contributed by atoms with Crippen LogP contribution in [0.25, 0.3) is 6.08 Å². The molecule has 2 rings (SSSR count). The van der Waals surface area contributed by atoms with Crippen molar-refractivity contribution in [3.8, 4) is 0 Å². The lowest BCUT2D eigenvalue weighted by molar-refractivity contribution is -0.116. The highest BCUT2D eigenvalue weighted by molar-refractivity contribution is 5.91. The van der Waals surface area contributed by atoms with Crippen molar-refractivity contribution in [2.75, 3.05) is 0 Å². The third-order valence-corrected chi connectivity index (χ3v) is 2.50. The topological polar surface area (TPSA) is 42.0 Å². The molecule has 1 amide bonds. The number of halogens is 2. The van der Waals surface area contributed by atoms with Gasteiger partial charge in [-0.25, -0.2) is 8.78 Å². The molecular formula is C15H12F2N2O. The summed E-state index contributed by atoms with van der Waals surface area (Å²) in [5, 5.41) is 2.54. The monoisotopic (exact) mass is 274 g/mol. The van der Waals surface area contributed by atoms with Gasteiger partial charge in [-0.1, -0.05) is 6.07 Å². The van der Waals surface area contributed by atoms with Crippen LogP contribution in [0, 0.1) is 11.6 Å². The fourth-order valence-electron chi connectivity index (χ4n) is 1.61. The number of hydrogen-bond acceptors (Lipinski definition) is 2. The van der Waals surface area contributed by atoms with E-state index in [1.54, 1.807) is 30.6 Å². The molecule has 1 heterocycles. The molecule has 0 spiro atoms. The molecule has 0 aliphatic rings. The molecule has 20 heavy (non-hydrogen) atoms. The zero-order valence-corrected chi connectivity index (χ0v) is 10.5. The van der Waals surface area contributed by atoms with Gasteiger partial charge in [-0.05, 0) is 35.4 Å². The molecule has 1 aromatic heterocycles. The SMILES string of the molecule is O=C(C=Cc1cccnc1)NCc1cc(F)cc(F)c1. The zero-order valence-electron chi connectivity index (χ0n) is 10.5. The quantitative estimate of drug-likeness (QED) is 0.871. The smallest absolute Gasteiger partial charge is 0.244 e. The first-order chi connectivity index (χ1) is 9.63. The predicted octanol–water partition coefficient (Wildman–Crippen LogP) is 2.69. The first kappa shape index (κ1) is 13.9. The van der Waals surface area contributed by atoms with Gasteiger partial charge in [-0.2, -0.15) is 0 Å². The van der Waals surface area contributed by atoms with Crippen molar-refractivity contribution in [2.45, 2.75) is 6.54 Å². The van der Waals surface area contributed by atoms with Crippen molar-refractivity contribution in [3.63, 3.8) is 0 Å². The number of amides is 1. The summed E-state index contributed by atoms with van der Waals surface area (Å²) in [7, 11) is 0. The van der Waals surface area contributed by atoms with E-state index in [0.29, 0.717) is 5.56 Å². The van der Waals surface area contributed by atoms with Crippen LogP contribution in [0.1, 0.15) is 11.1 Å². The molecule has 1 N–H and O–H groups in total. The van der Waals surface area contributed by atoms with Crippen LogP contribution in [-0.4, -0.2) is 10.9 Å². The van der Waals surface area contributed by atoms with Crippen LogP contribution in [0.2, 0.25) is 0 Å². The molecule has 3 nitrogen and oxygen atoms in total. The molecular weight excluding hydrogens is 262 g/mol. The molecule has 5 heteroatoms. The molecule has 0 radical (unpaired) electrons. The lowest BCUT2D eigenvalue weighted by Crippen LogP contribution is -2.20. The standard InChI is InChI=1S/C15H12F2N2O/c16-13-6-12(7-14(17)8-13)10-19-15(20)4-3-11-2-1-5-18-9-11/h1-9H,10H2,(H,19,20). The minimum Gasteiger partial charge on any atom is -0.348 e. The summed E-state index contributed by atoms with van der Waals surface area (Å²) in [5.41, 5.74) is 1.16. The highest BCUT2D eigenvalue weighted by atomic mass is 19.1. The van der Waals surface area contributed by atoms with Crippen LogP contribution in [0.3, 0.4) is 0 Å². The minimum absolute atomic E-state index is 0.0604. The molecule has 102 valence electrons. The summed E-state index contributed by atoms with van der Waals surface area (Å²) in [6.45, 7) is 0.0604. The normalized spacial score (nSPS) is 10.7. The zero-order chi connectivity index (χ0) is 14.4. The van der Waals surface area contributed by atoms with Gasteiger partial charge in [-0.3, -0.25) is 9.78 Å². The van der Waals surface area contributed by atoms with Crippen molar-refractivity contribution >= 4 is 12.0 Å². The number of nitrogens with zero attached hydrogens (tertiary/aromatic N) is 1. The van der Waals surface area contributed by atoms with Crippen LogP contribution in [0.5, 0.6) is 0 Å². The summed E-state index contributed by atoms with van der Waals surface area (Å²) in [4.78, 5) is 15.5. The second kappa shape index (κ2) is 6.56. The Labute approximate surface area is 115 Å². The maximum absolute atomic E-state index is 12.9. The summed E-state index contributed by atoms with van der Waals surface area (Å²) < 4.78 is 25.9. The van der Waals surface area contributed by atoms with Crippen LogP contribution in [0.15, 0.2) is 48.8 Å².